The lowest BCUT2D eigenvalue weighted by atomic mass is 9.98. The fourth-order valence-corrected chi connectivity index (χ4v) is 2.77. The van der Waals surface area contributed by atoms with E-state index in [-0.39, 0.29) is 11.9 Å². The minimum absolute atomic E-state index is 0.0487. The standard InChI is InChI=1S/C14H18INO2/c1-18-14(17)12-3-2-8-16(10-12)9-11-4-6-13(15)7-5-11/h4-7,12H,2-3,8-10H2,1H3. The van der Waals surface area contributed by atoms with Crippen molar-refractivity contribution in [3.05, 3.63) is 33.4 Å². The van der Waals surface area contributed by atoms with Gasteiger partial charge in [0.05, 0.1) is 13.0 Å². The number of likely N-dealkylation sites (tertiary alicyclic amines) is 1. The molecule has 1 saturated heterocycles. The summed E-state index contributed by atoms with van der Waals surface area (Å²) in [6.45, 7) is 2.81. The van der Waals surface area contributed by atoms with Crippen molar-refractivity contribution in [2.75, 3.05) is 20.2 Å². The van der Waals surface area contributed by atoms with Crippen LogP contribution >= 0.6 is 22.6 Å². The highest BCUT2D eigenvalue weighted by Crippen LogP contribution is 2.20. The summed E-state index contributed by atoms with van der Waals surface area (Å²) < 4.78 is 6.09. The second-order valence-electron chi connectivity index (χ2n) is 4.72. The van der Waals surface area contributed by atoms with Gasteiger partial charge in [0.25, 0.3) is 0 Å². The first-order valence-corrected chi connectivity index (χ1v) is 7.31. The number of nitrogens with zero attached hydrogens (tertiary/aromatic N) is 1. The van der Waals surface area contributed by atoms with Gasteiger partial charge in [-0.25, -0.2) is 0 Å². The van der Waals surface area contributed by atoms with Gasteiger partial charge in [0.1, 0.15) is 0 Å². The Hall–Kier alpha value is -0.620. The first kappa shape index (κ1) is 13.8. The van der Waals surface area contributed by atoms with E-state index in [1.807, 2.05) is 0 Å². The van der Waals surface area contributed by atoms with Gasteiger partial charge < -0.3 is 4.74 Å². The van der Waals surface area contributed by atoms with Crippen LogP contribution < -0.4 is 0 Å². The summed E-state index contributed by atoms with van der Waals surface area (Å²) in [5.74, 6) is -0.0186. The van der Waals surface area contributed by atoms with Gasteiger partial charge in [0, 0.05) is 16.7 Å². The normalized spacial score (nSPS) is 20.7. The predicted octanol–water partition coefficient (Wildman–Crippen LogP) is 2.68. The van der Waals surface area contributed by atoms with Crippen molar-refractivity contribution < 1.29 is 9.53 Å². The van der Waals surface area contributed by atoms with Crippen LogP contribution in [0.25, 0.3) is 0 Å². The fourth-order valence-electron chi connectivity index (χ4n) is 2.41. The van der Waals surface area contributed by atoms with Gasteiger partial charge in [-0.3, -0.25) is 9.69 Å². The smallest absolute Gasteiger partial charge is 0.309 e. The van der Waals surface area contributed by atoms with Crippen LogP contribution in [0.3, 0.4) is 0 Å². The molecule has 4 heteroatoms. The molecule has 1 heterocycles. The predicted molar refractivity (Wildman–Crippen MR) is 79.2 cm³/mol. The number of carbonyl (C=O) groups is 1. The molecular weight excluding hydrogens is 341 g/mol. The van der Waals surface area contributed by atoms with Crippen molar-refractivity contribution in [3.63, 3.8) is 0 Å². The molecule has 0 radical (unpaired) electrons. The van der Waals surface area contributed by atoms with Crippen LogP contribution in [0.2, 0.25) is 0 Å². The third-order valence-corrected chi connectivity index (χ3v) is 4.08. The molecule has 0 bridgehead atoms. The van der Waals surface area contributed by atoms with Crippen LogP contribution in [0.1, 0.15) is 18.4 Å². The third kappa shape index (κ3) is 3.68. The van der Waals surface area contributed by atoms with Gasteiger partial charge >= 0.3 is 5.97 Å². The monoisotopic (exact) mass is 359 g/mol. The van der Waals surface area contributed by atoms with E-state index in [9.17, 15) is 4.79 Å². The zero-order valence-electron chi connectivity index (χ0n) is 10.6. The largest absolute Gasteiger partial charge is 0.469 e. The molecule has 0 spiro atoms. The van der Waals surface area contributed by atoms with Crippen LogP contribution in [0, 0.1) is 9.49 Å². The van der Waals surface area contributed by atoms with Crippen LogP contribution in [0.5, 0.6) is 0 Å². The molecule has 0 aliphatic carbocycles. The second kappa shape index (κ2) is 6.52. The maximum atomic E-state index is 11.6. The molecule has 0 aromatic heterocycles. The molecule has 1 aromatic carbocycles. The number of esters is 1. The first-order chi connectivity index (χ1) is 8.69. The van der Waals surface area contributed by atoms with Crippen molar-refractivity contribution in [3.8, 4) is 0 Å². The number of ether oxygens (including phenoxy) is 1. The molecule has 1 atom stereocenters. The van der Waals surface area contributed by atoms with E-state index in [1.165, 1.54) is 16.2 Å². The van der Waals surface area contributed by atoms with E-state index in [2.05, 4.69) is 51.8 Å². The van der Waals surface area contributed by atoms with Gasteiger partial charge in [-0.05, 0) is 59.7 Å². The van der Waals surface area contributed by atoms with Gasteiger partial charge in [0.2, 0.25) is 0 Å². The number of benzene rings is 1. The minimum Gasteiger partial charge on any atom is -0.469 e. The zero-order valence-corrected chi connectivity index (χ0v) is 12.7. The summed E-state index contributed by atoms with van der Waals surface area (Å²) in [4.78, 5) is 13.9. The third-order valence-electron chi connectivity index (χ3n) is 3.36. The maximum absolute atomic E-state index is 11.6. The quantitative estimate of drug-likeness (QED) is 0.614. The van der Waals surface area contributed by atoms with E-state index in [4.69, 9.17) is 4.74 Å². The van der Waals surface area contributed by atoms with Gasteiger partial charge in [-0.15, -0.1) is 0 Å². The number of rotatable bonds is 3. The summed E-state index contributed by atoms with van der Waals surface area (Å²) in [7, 11) is 1.47. The molecule has 1 aliphatic rings. The summed E-state index contributed by atoms with van der Waals surface area (Å²) in [5.41, 5.74) is 1.31. The Morgan fingerprint density at radius 2 is 2.17 bits per heavy atom. The van der Waals surface area contributed by atoms with E-state index in [0.717, 1.165) is 32.5 Å². The maximum Gasteiger partial charge on any atom is 0.309 e. The molecule has 0 saturated carbocycles. The Kier molecular flexibility index (Phi) is 5.00. The highest BCUT2D eigenvalue weighted by molar-refractivity contribution is 14.1. The van der Waals surface area contributed by atoms with E-state index < -0.39 is 0 Å². The Balaban J connectivity index is 1.93. The average molecular weight is 359 g/mol. The number of methoxy groups -OCH3 is 1. The SMILES string of the molecule is COC(=O)C1CCCN(Cc2ccc(I)cc2)C1. The lowest BCUT2D eigenvalue weighted by Crippen LogP contribution is -2.38. The number of hydrogen-bond donors (Lipinski definition) is 0. The zero-order chi connectivity index (χ0) is 13.0. The van der Waals surface area contributed by atoms with Crippen molar-refractivity contribution in [1.82, 2.24) is 4.90 Å². The Morgan fingerprint density at radius 1 is 1.44 bits per heavy atom. The molecular formula is C14H18INO2. The van der Waals surface area contributed by atoms with Crippen LogP contribution in [0.4, 0.5) is 0 Å². The van der Waals surface area contributed by atoms with Crippen LogP contribution in [-0.2, 0) is 16.1 Å². The summed E-state index contributed by atoms with van der Waals surface area (Å²) in [5, 5.41) is 0. The fraction of sp³-hybridized carbons (Fsp3) is 0.500. The van der Waals surface area contributed by atoms with E-state index >= 15 is 0 Å². The van der Waals surface area contributed by atoms with Crippen molar-refractivity contribution >= 4 is 28.6 Å². The molecule has 1 aliphatic heterocycles. The lowest BCUT2D eigenvalue weighted by molar-refractivity contribution is -0.147. The molecule has 3 nitrogen and oxygen atoms in total. The van der Waals surface area contributed by atoms with Crippen molar-refractivity contribution in [2.24, 2.45) is 5.92 Å². The molecule has 2 rings (SSSR count). The van der Waals surface area contributed by atoms with Gasteiger partial charge in [-0.1, -0.05) is 12.1 Å². The number of carbonyl (C=O) groups excluding carboxylic acids is 1. The molecule has 1 fully saturated rings. The summed E-state index contributed by atoms with van der Waals surface area (Å²) in [6.07, 6.45) is 2.03. The first-order valence-electron chi connectivity index (χ1n) is 6.23. The van der Waals surface area contributed by atoms with E-state index in [0.29, 0.717) is 0 Å². The average Bonchev–Trinajstić information content (AvgIpc) is 2.41. The number of hydrogen-bond acceptors (Lipinski definition) is 3. The van der Waals surface area contributed by atoms with Gasteiger partial charge in [-0.2, -0.15) is 0 Å². The summed E-state index contributed by atoms with van der Waals surface area (Å²) >= 11 is 2.31. The Morgan fingerprint density at radius 3 is 2.83 bits per heavy atom. The highest BCUT2D eigenvalue weighted by Gasteiger charge is 2.26. The van der Waals surface area contributed by atoms with Gasteiger partial charge in [0.15, 0.2) is 0 Å². The molecule has 1 aromatic rings. The number of piperidine rings is 1. The Bertz CT molecular complexity index is 405. The van der Waals surface area contributed by atoms with Crippen LogP contribution in [0.15, 0.2) is 24.3 Å². The van der Waals surface area contributed by atoms with E-state index in [1.54, 1.807) is 0 Å². The highest BCUT2D eigenvalue weighted by atomic mass is 127. The Labute approximate surface area is 122 Å². The number of halogens is 1. The second-order valence-corrected chi connectivity index (χ2v) is 5.97. The van der Waals surface area contributed by atoms with Crippen LogP contribution in [-0.4, -0.2) is 31.1 Å². The van der Waals surface area contributed by atoms with Crippen molar-refractivity contribution in [2.45, 2.75) is 19.4 Å². The molecule has 98 valence electrons. The topological polar surface area (TPSA) is 29.5 Å². The molecule has 18 heavy (non-hydrogen) atoms. The molecule has 0 amide bonds. The lowest BCUT2D eigenvalue weighted by Gasteiger charge is -2.31. The minimum atomic E-state index is -0.0673. The molecule has 0 N–H and O–H groups in total. The van der Waals surface area contributed by atoms with Crippen molar-refractivity contribution in [1.29, 1.82) is 0 Å². The summed E-state index contributed by atoms with van der Waals surface area (Å²) in [6, 6.07) is 8.56. The molecule has 1 unspecified atom stereocenters.